The summed E-state index contributed by atoms with van der Waals surface area (Å²) in [6.45, 7) is -0.213. The number of tetrazole rings is 1. The standard InChI is InChI=1S/C16H12Br2N6O3/c17-11-5-10(16(26)14(18)6-11)7-19-21-15(25)8-27-13-3-1-12(2-4-13)24-9-20-22-23-24/h1-7,9,26H,8H2,(H,21,25)/b19-7+. The Bertz CT molecular complexity index is 961. The number of ether oxygens (including phenoxy) is 1. The summed E-state index contributed by atoms with van der Waals surface area (Å²) in [6, 6.07) is 10.3. The van der Waals surface area contributed by atoms with Crippen LogP contribution in [0.2, 0.25) is 0 Å². The number of nitrogens with one attached hydrogen (secondary N) is 1. The van der Waals surface area contributed by atoms with Gasteiger partial charge >= 0.3 is 0 Å². The van der Waals surface area contributed by atoms with Gasteiger partial charge in [0.15, 0.2) is 6.61 Å². The van der Waals surface area contributed by atoms with Gasteiger partial charge in [-0.25, -0.2) is 10.1 Å². The lowest BCUT2D eigenvalue weighted by Crippen LogP contribution is -2.24. The van der Waals surface area contributed by atoms with Gasteiger partial charge < -0.3 is 9.84 Å². The Labute approximate surface area is 170 Å². The summed E-state index contributed by atoms with van der Waals surface area (Å²) in [6.07, 6.45) is 2.81. The maximum absolute atomic E-state index is 11.8. The summed E-state index contributed by atoms with van der Waals surface area (Å²) in [5, 5.41) is 24.6. The largest absolute Gasteiger partial charge is 0.506 e. The molecule has 0 aliphatic rings. The quantitative estimate of drug-likeness (QED) is 0.401. The van der Waals surface area contributed by atoms with Gasteiger partial charge in [-0.1, -0.05) is 15.9 Å². The van der Waals surface area contributed by atoms with E-state index < -0.39 is 5.91 Å². The zero-order chi connectivity index (χ0) is 19.2. The lowest BCUT2D eigenvalue weighted by Gasteiger charge is -2.06. The minimum Gasteiger partial charge on any atom is -0.506 e. The van der Waals surface area contributed by atoms with Gasteiger partial charge in [0.2, 0.25) is 0 Å². The lowest BCUT2D eigenvalue weighted by molar-refractivity contribution is -0.123. The normalized spacial score (nSPS) is 10.9. The van der Waals surface area contributed by atoms with Crippen LogP contribution in [0.5, 0.6) is 11.5 Å². The summed E-state index contributed by atoms with van der Waals surface area (Å²) in [5.74, 6) is 0.0963. The number of hydrogen-bond acceptors (Lipinski definition) is 7. The predicted octanol–water partition coefficient (Wildman–Crippen LogP) is 2.42. The van der Waals surface area contributed by atoms with Gasteiger partial charge in [0.25, 0.3) is 5.91 Å². The molecule has 27 heavy (non-hydrogen) atoms. The molecule has 0 atom stereocenters. The molecule has 11 heteroatoms. The van der Waals surface area contributed by atoms with Crippen molar-refractivity contribution in [2.75, 3.05) is 6.61 Å². The smallest absolute Gasteiger partial charge is 0.277 e. The van der Waals surface area contributed by atoms with E-state index in [1.807, 2.05) is 0 Å². The Morgan fingerprint density at radius 2 is 2.07 bits per heavy atom. The Hall–Kier alpha value is -2.79. The molecule has 1 amide bonds. The Balaban J connectivity index is 1.51. The number of nitrogens with zero attached hydrogens (tertiary/aromatic N) is 5. The molecule has 9 nitrogen and oxygen atoms in total. The molecule has 0 radical (unpaired) electrons. The number of carbonyl (C=O) groups is 1. The Morgan fingerprint density at radius 3 is 2.78 bits per heavy atom. The fourth-order valence-corrected chi connectivity index (χ4v) is 3.27. The van der Waals surface area contributed by atoms with Gasteiger partial charge in [0.1, 0.15) is 17.8 Å². The minimum atomic E-state index is -0.440. The minimum absolute atomic E-state index is 0.0233. The molecule has 2 aromatic carbocycles. The van der Waals surface area contributed by atoms with Crippen molar-refractivity contribution < 1.29 is 14.6 Å². The molecule has 1 aromatic heterocycles. The van der Waals surface area contributed by atoms with Crippen molar-refractivity contribution in [2.45, 2.75) is 0 Å². The van der Waals surface area contributed by atoms with E-state index in [-0.39, 0.29) is 12.4 Å². The van der Waals surface area contributed by atoms with E-state index in [0.717, 1.165) is 10.2 Å². The number of rotatable bonds is 6. The van der Waals surface area contributed by atoms with E-state index >= 15 is 0 Å². The number of aromatic nitrogens is 4. The zero-order valence-electron chi connectivity index (χ0n) is 13.6. The van der Waals surface area contributed by atoms with Gasteiger partial charge in [-0.05, 0) is 62.8 Å². The summed E-state index contributed by atoms with van der Waals surface area (Å²) in [7, 11) is 0. The van der Waals surface area contributed by atoms with Gasteiger partial charge in [-0.3, -0.25) is 4.79 Å². The maximum atomic E-state index is 11.8. The molecule has 138 valence electrons. The molecular formula is C16H12Br2N6O3. The van der Waals surface area contributed by atoms with Crippen molar-refractivity contribution in [3.05, 3.63) is 57.2 Å². The number of hydrogen-bond donors (Lipinski definition) is 2. The first-order valence-electron chi connectivity index (χ1n) is 7.49. The van der Waals surface area contributed by atoms with Crippen LogP contribution in [0.25, 0.3) is 5.69 Å². The van der Waals surface area contributed by atoms with E-state index in [1.165, 1.54) is 17.2 Å². The highest BCUT2D eigenvalue weighted by molar-refractivity contribution is 9.11. The number of phenols is 1. The number of halogens is 2. The third-order valence-electron chi connectivity index (χ3n) is 3.27. The van der Waals surface area contributed by atoms with Crippen molar-refractivity contribution >= 4 is 44.0 Å². The SMILES string of the molecule is O=C(COc1ccc(-n2cnnn2)cc1)N/N=C/c1cc(Br)cc(Br)c1O. The van der Waals surface area contributed by atoms with Crippen LogP contribution in [0.4, 0.5) is 0 Å². The van der Waals surface area contributed by atoms with Crippen molar-refractivity contribution in [1.82, 2.24) is 25.6 Å². The second kappa shape index (κ2) is 8.73. The van der Waals surface area contributed by atoms with Crippen LogP contribution in [0.1, 0.15) is 5.56 Å². The highest BCUT2D eigenvalue weighted by Crippen LogP contribution is 2.30. The number of amides is 1. The van der Waals surface area contributed by atoms with Crippen LogP contribution in [-0.2, 0) is 4.79 Å². The van der Waals surface area contributed by atoms with E-state index in [0.29, 0.717) is 15.8 Å². The Kier molecular flexibility index (Phi) is 6.14. The number of benzene rings is 2. The highest BCUT2D eigenvalue weighted by Gasteiger charge is 2.06. The molecule has 0 saturated carbocycles. The first-order valence-corrected chi connectivity index (χ1v) is 9.07. The number of phenolic OH excluding ortho intramolecular Hbond substituents is 1. The molecular weight excluding hydrogens is 484 g/mol. The molecule has 0 spiro atoms. The molecule has 1 heterocycles. The van der Waals surface area contributed by atoms with Crippen LogP contribution >= 0.6 is 31.9 Å². The summed E-state index contributed by atoms with van der Waals surface area (Å²) in [5.41, 5.74) is 3.54. The van der Waals surface area contributed by atoms with E-state index in [2.05, 4.69) is 57.9 Å². The van der Waals surface area contributed by atoms with Crippen LogP contribution in [0.3, 0.4) is 0 Å². The van der Waals surface area contributed by atoms with E-state index in [1.54, 1.807) is 36.4 Å². The zero-order valence-corrected chi connectivity index (χ0v) is 16.8. The monoisotopic (exact) mass is 494 g/mol. The van der Waals surface area contributed by atoms with Gasteiger partial charge in [0, 0.05) is 10.0 Å². The lowest BCUT2D eigenvalue weighted by atomic mass is 10.2. The van der Waals surface area contributed by atoms with Gasteiger partial charge in [-0.15, -0.1) is 5.10 Å². The third-order valence-corrected chi connectivity index (χ3v) is 4.33. The average molecular weight is 496 g/mol. The first-order chi connectivity index (χ1) is 13.0. The Morgan fingerprint density at radius 1 is 1.30 bits per heavy atom. The summed E-state index contributed by atoms with van der Waals surface area (Å²) < 4.78 is 8.16. The fourth-order valence-electron chi connectivity index (χ4n) is 2.01. The summed E-state index contributed by atoms with van der Waals surface area (Å²) >= 11 is 6.54. The van der Waals surface area contributed by atoms with Crippen LogP contribution in [0, 0.1) is 0 Å². The number of aromatic hydroxyl groups is 1. The second-order valence-electron chi connectivity index (χ2n) is 5.16. The topological polar surface area (TPSA) is 115 Å². The number of carbonyl (C=O) groups excluding carboxylic acids is 1. The van der Waals surface area contributed by atoms with E-state index in [9.17, 15) is 9.90 Å². The molecule has 0 aliphatic heterocycles. The predicted molar refractivity (Wildman–Crippen MR) is 104 cm³/mol. The molecule has 0 aliphatic carbocycles. The maximum Gasteiger partial charge on any atom is 0.277 e. The second-order valence-corrected chi connectivity index (χ2v) is 6.93. The van der Waals surface area contributed by atoms with Gasteiger partial charge in [-0.2, -0.15) is 5.10 Å². The van der Waals surface area contributed by atoms with Crippen LogP contribution in [0.15, 0.2) is 56.8 Å². The number of hydrazone groups is 1. The first kappa shape index (κ1) is 19.0. The summed E-state index contributed by atoms with van der Waals surface area (Å²) in [4.78, 5) is 11.8. The molecule has 2 N–H and O–H groups in total. The van der Waals surface area contributed by atoms with Crippen molar-refractivity contribution in [3.8, 4) is 17.2 Å². The molecule has 0 fully saturated rings. The third kappa shape index (κ3) is 5.11. The highest BCUT2D eigenvalue weighted by atomic mass is 79.9. The molecule has 0 unspecified atom stereocenters. The molecule has 3 aromatic rings. The van der Waals surface area contributed by atoms with Gasteiger partial charge in [0.05, 0.1) is 16.4 Å². The van der Waals surface area contributed by atoms with Crippen molar-refractivity contribution in [2.24, 2.45) is 5.10 Å². The van der Waals surface area contributed by atoms with Crippen LogP contribution < -0.4 is 10.2 Å². The molecule has 0 bridgehead atoms. The fraction of sp³-hybridized carbons (Fsp3) is 0.0625. The van der Waals surface area contributed by atoms with Crippen molar-refractivity contribution in [1.29, 1.82) is 0 Å². The molecule has 0 saturated heterocycles. The van der Waals surface area contributed by atoms with E-state index in [4.69, 9.17) is 4.74 Å². The van der Waals surface area contributed by atoms with Crippen molar-refractivity contribution in [3.63, 3.8) is 0 Å². The average Bonchev–Trinajstić information content (AvgIpc) is 3.19. The van der Waals surface area contributed by atoms with Crippen LogP contribution in [-0.4, -0.2) is 44.0 Å². The molecule has 3 rings (SSSR count).